The van der Waals surface area contributed by atoms with Gasteiger partial charge in [-0.1, -0.05) is 18.2 Å². The van der Waals surface area contributed by atoms with Gasteiger partial charge in [0.05, 0.1) is 6.10 Å². The first kappa shape index (κ1) is 33.6. The van der Waals surface area contributed by atoms with E-state index in [2.05, 4.69) is 5.32 Å². The maximum atomic E-state index is 13.5. The van der Waals surface area contributed by atoms with Crippen molar-refractivity contribution in [2.45, 2.75) is 83.6 Å². The number of esters is 4. The molecule has 0 aromatic heterocycles. The molecule has 0 saturated carbocycles. The fourth-order valence-electron chi connectivity index (χ4n) is 3.51. The van der Waals surface area contributed by atoms with Gasteiger partial charge in [-0.25, -0.2) is 25.0 Å². The number of hydrogen-bond donors (Lipinski definition) is 3. The van der Waals surface area contributed by atoms with E-state index in [0.717, 1.165) is 0 Å². The zero-order chi connectivity index (χ0) is 30.8. The molecule has 2 atom stereocenters. The van der Waals surface area contributed by atoms with Crippen LogP contribution in [0.2, 0.25) is 0 Å². The topological polar surface area (TPSA) is 191 Å². The molecule has 2 rings (SSSR count). The molecular weight excluding hydrogens is 542 g/mol. The highest BCUT2D eigenvalue weighted by Crippen LogP contribution is 2.24. The largest absolute Gasteiger partial charge is 0.458 e. The molecule has 1 heterocycles. The molecule has 228 valence electrons. The van der Waals surface area contributed by atoms with Crippen molar-refractivity contribution < 1.29 is 52.4 Å². The quantitative estimate of drug-likeness (QED) is 0.0629. The van der Waals surface area contributed by atoms with Crippen LogP contribution < -0.4 is 21.3 Å². The molecule has 14 heteroatoms. The van der Waals surface area contributed by atoms with Gasteiger partial charge >= 0.3 is 35.6 Å². The number of benzene rings is 1. The molecule has 2 unspecified atom stereocenters. The summed E-state index contributed by atoms with van der Waals surface area (Å²) in [4.78, 5) is 65.1. The number of hydrazine groups is 1. The summed E-state index contributed by atoms with van der Waals surface area (Å²) >= 11 is 0. The second-order valence-electron chi connectivity index (χ2n) is 11.1. The highest BCUT2D eigenvalue weighted by atomic mass is 16.7. The number of hydrogen-bond acceptors (Lipinski definition) is 13. The second kappa shape index (κ2) is 14.3. The minimum atomic E-state index is -3.12. The molecule has 1 amide bonds. The van der Waals surface area contributed by atoms with Gasteiger partial charge in [-0.05, 0) is 79.6 Å². The van der Waals surface area contributed by atoms with E-state index in [1.807, 2.05) is 0 Å². The van der Waals surface area contributed by atoms with Crippen molar-refractivity contribution in [3.05, 3.63) is 30.3 Å². The fourth-order valence-corrected chi connectivity index (χ4v) is 3.51. The molecule has 1 aromatic rings. The Hall–Kier alpha value is -3.59. The molecule has 4 N–H and O–H groups in total. The number of para-hydroxylation sites is 1. The van der Waals surface area contributed by atoms with E-state index in [9.17, 15) is 24.0 Å². The van der Waals surface area contributed by atoms with E-state index in [-0.39, 0.29) is 5.75 Å². The lowest BCUT2D eigenvalue weighted by Crippen LogP contribution is -2.62. The number of rotatable bonds is 11. The van der Waals surface area contributed by atoms with Gasteiger partial charge in [-0.15, -0.1) is 0 Å². The Morgan fingerprint density at radius 1 is 0.927 bits per heavy atom. The van der Waals surface area contributed by atoms with Crippen LogP contribution in [0, 0.1) is 0 Å². The summed E-state index contributed by atoms with van der Waals surface area (Å²) in [5.41, 5.74) is -0.217. The number of piperidine rings is 1. The van der Waals surface area contributed by atoms with E-state index >= 15 is 0 Å². The Labute approximate surface area is 238 Å². The van der Waals surface area contributed by atoms with Crippen LogP contribution in [0.1, 0.15) is 54.4 Å². The third-order valence-corrected chi connectivity index (χ3v) is 5.16. The molecule has 41 heavy (non-hydrogen) atoms. The molecule has 0 aliphatic carbocycles. The normalized spacial score (nSPS) is 16.5. The molecule has 1 aliphatic rings. The first-order valence-corrected chi connectivity index (χ1v) is 13.0. The number of carbonyl (C=O) groups is 5. The van der Waals surface area contributed by atoms with E-state index in [1.165, 1.54) is 24.3 Å². The molecule has 0 spiro atoms. The minimum absolute atomic E-state index is 0.0839. The van der Waals surface area contributed by atoms with Crippen molar-refractivity contribution in [2.75, 3.05) is 19.7 Å². The van der Waals surface area contributed by atoms with Crippen LogP contribution in [0.5, 0.6) is 5.75 Å². The fraction of sp³-hybridized carbons (Fsp3) is 0.593. The summed E-state index contributed by atoms with van der Waals surface area (Å²) in [6.45, 7) is 9.69. The Kier molecular flexibility index (Phi) is 11.8. The zero-order valence-electron chi connectivity index (χ0n) is 24.1. The van der Waals surface area contributed by atoms with Crippen molar-refractivity contribution in [1.82, 2.24) is 10.7 Å². The van der Waals surface area contributed by atoms with Gasteiger partial charge in [0, 0.05) is 0 Å². The van der Waals surface area contributed by atoms with Gasteiger partial charge < -0.3 is 33.7 Å². The maximum absolute atomic E-state index is 13.5. The Morgan fingerprint density at radius 2 is 1.51 bits per heavy atom. The smallest absolute Gasteiger partial charge is 0.398 e. The van der Waals surface area contributed by atoms with E-state index in [0.29, 0.717) is 25.9 Å². The predicted octanol–water partition coefficient (Wildman–Crippen LogP) is 0.659. The minimum Gasteiger partial charge on any atom is -0.458 e. The van der Waals surface area contributed by atoms with Crippen molar-refractivity contribution in [2.24, 2.45) is 5.84 Å². The number of carbonyl (C=O) groups excluding carboxylic acids is 5. The summed E-state index contributed by atoms with van der Waals surface area (Å²) in [6.07, 6.45) is -1.58. The van der Waals surface area contributed by atoms with Gasteiger partial charge in [-0.2, -0.15) is 0 Å². The molecule has 1 saturated heterocycles. The third-order valence-electron chi connectivity index (χ3n) is 5.16. The Morgan fingerprint density at radius 3 is 2.05 bits per heavy atom. The van der Waals surface area contributed by atoms with Crippen LogP contribution in [-0.4, -0.2) is 78.7 Å². The van der Waals surface area contributed by atoms with E-state index in [1.54, 1.807) is 53.0 Å². The Bertz CT molecular complexity index is 1080. The van der Waals surface area contributed by atoms with Crippen LogP contribution in [0.4, 0.5) is 0 Å². The summed E-state index contributed by atoms with van der Waals surface area (Å²) in [7, 11) is 0. The molecule has 1 aromatic carbocycles. The predicted molar refractivity (Wildman–Crippen MR) is 142 cm³/mol. The van der Waals surface area contributed by atoms with Crippen LogP contribution in [0.15, 0.2) is 30.3 Å². The lowest BCUT2D eigenvalue weighted by molar-refractivity contribution is -0.222. The average Bonchev–Trinajstić information content (AvgIpc) is 2.88. The van der Waals surface area contributed by atoms with Crippen molar-refractivity contribution in [3.8, 4) is 5.75 Å². The standard InChI is InChI=1S/C27H39N3O11/c1-25(2,3)40-19(31)16-36-27(23(34)30-28,39-18-10-8-7-9-11-18)24(35)38-21(32)20(22(33)41-26(4,5)6)37-17-12-14-29-15-13-17/h7-11,17,20,29H,12-16,28H2,1-6H3,(H,30,34). The molecular formula is C27H39N3O11. The molecule has 1 fully saturated rings. The maximum Gasteiger partial charge on any atom is 0.398 e. The van der Waals surface area contributed by atoms with Crippen LogP contribution in [0.3, 0.4) is 0 Å². The molecule has 0 bridgehead atoms. The van der Waals surface area contributed by atoms with Gasteiger partial charge in [0.1, 0.15) is 23.6 Å². The average molecular weight is 582 g/mol. The lowest BCUT2D eigenvalue weighted by Gasteiger charge is -2.31. The number of nitrogens with one attached hydrogen (secondary N) is 2. The highest BCUT2D eigenvalue weighted by Gasteiger charge is 2.55. The van der Waals surface area contributed by atoms with Crippen molar-refractivity contribution in [1.29, 1.82) is 0 Å². The number of amides is 1. The summed E-state index contributed by atoms with van der Waals surface area (Å²) in [5, 5.41) is 3.12. The summed E-state index contributed by atoms with van der Waals surface area (Å²) in [6, 6.07) is 7.42. The number of nitrogens with two attached hydrogens (primary N) is 1. The van der Waals surface area contributed by atoms with E-state index in [4.69, 9.17) is 34.3 Å². The van der Waals surface area contributed by atoms with Crippen molar-refractivity contribution >= 4 is 29.8 Å². The van der Waals surface area contributed by atoms with Crippen molar-refractivity contribution in [3.63, 3.8) is 0 Å². The van der Waals surface area contributed by atoms with E-state index < -0.39 is 65.6 Å². The zero-order valence-corrected chi connectivity index (χ0v) is 24.1. The van der Waals surface area contributed by atoms with Crippen LogP contribution in [-0.2, 0) is 47.7 Å². The third kappa shape index (κ3) is 10.7. The van der Waals surface area contributed by atoms with Gasteiger partial charge in [0.15, 0.2) is 0 Å². The lowest BCUT2D eigenvalue weighted by atomic mass is 10.1. The van der Waals surface area contributed by atoms with Crippen LogP contribution >= 0.6 is 0 Å². The summed E-state index contributed by atoms with van der Waals surface area (Å²) < 4.78 is 32.0. The molecule has 1 aliphatic heterocycles. The SMILES string of the molecule is CC(C)(C)OC(=O)COC(Oc1ccccc1)(C(=O)NN)C(=O)OC(=O)C(OC1CCNCC1)C(=O)OC(C)(C)C. The molecule has 0 radical (unpaired) electrons. The molecule has 14 nitrogen and oxygen atoms in total. The summed E-state index contributed by atoms with van der Waals surface area (Å²) in [5.74, 6) is -4.61. The van der Waals surface area contributed by atoms with Gasteiger partial charge in [0.25, 0.3) is 6.10 Å². The Balaban J connectivity index is 2.41. The second-order valence-corrected chi connectivity index (χ2v) is 11.1. The highest BCUT2D eigenvalue weighted by molar-refractivity contribution is 6.10. The number of ether oxygens (including phenoxy) is 6. The van der Waals surface area contributed by atoms with Gasteiger partial charge in [0.2, 0.25) is 0 Å². The first-order chi connectivity index (χ1) is 19.1. The van der Waals surface area contributed by atoms with Gasteiger partial charge in [-0.3, -0.25) is 10.2 Å². The van der Waals surface area contributed by atoms with Crippen LogP contribution in [0.25, 0.3) is 0 Å². The monoisotopic (exact) mass is 581 g/mol. The first-order valence-electron chi connectivity index (χ1n) is 13.0.